The first-order valence-electron chi connectivity index (χ1n) is 8.62. The van der Waals surface area contributed by atoms with Crippen molar-refractivity contribution in [3.63, 3.8) is 0 Å². The van der Waals surface area contributed by atoms with Crippen molar-refractivity contribution in [2.24, 2.45) is 0 Å². The molecule has 0 spiro atoms. The highest BCUT2D eigenvalue weighted by Gasteiger charge is 2.22. The van der Waals surface area contributed by atoms with Crippen molar-refractivity contribution in [2.45, 2.75) is 45.1 Å². The highest BCUT2D eigenvalue weighted by atomic mass is 16.5. The van der Waals surface area contributed by atoms with Gasteiger partial charge >= 0.3 is 0 Å². The van der Waals surface area contributed by atoms with Crippen molar-refractivity contribution in [1.82, 2.24) is 5.32 Å². The van der Waals surface area contributed by atoms with E-state index in [0.717, 1.165) is 38.1 Å². The van der Waals surface area contributed by atoms with E-state index in [-0.39, 0.29) is 12.5 Å². The quantitative estimate of drug-likeness (QED) is 0.842. The Labute approximate surface area is 132 Å². The van der Waals surface area contributed by atoms with Gasteiger partial charge in [0, 0.05) is 18.9 Å². The van der Waals surface area contributed by atoms with Crippen LogP contribution >= 0.6 is 0 Å². The van der Waals surface area contributed by atoms with Crippen LogP contribution in [0.15, 0.2) is 18.2 Å². The zero-order valence-corrected chi connectivity index (χ0v) is 13.5. The fourth-order valence-electron chi connectivity index (χ4n) is 3.58. The molecule has 22 heavy (non-hydrogen) atoms. The van der Waals surface area contributed by atoms with Crippen LogP contribution in [-0.2, 0) is 17.6 Å². The predicted octanol–water partition coefficient (Wildman–Crippen LogP) is 0.738. The van der Waals surface area contributed by atoms with E-state index in [1.54, 1.807) is 4.90 Å². The van der Waals surface area contributed by atoms with E-state index in [1.165, 1.54) is 30.5 Å². The van der Waals surface area contributed by atoms with Gasteiger partial charge in [-0.05, 0) is 49.4 Å². The number of rotatable bonds is 5. The second-order valence-electron chi connectivity index (χ2n) is 6.52. The summed E-state index contributed by atoms with van der Waals surface area (Å²) in [5.74, 6) is 0.825. The number of carbonyl (C=O) groups is 1. The Bertz CT molecular complexity index is 522. The van der Waals surface area contributed by atoms with Gasteiger partial charge in [0.1, 0.15) is 5.75 Å². The lowest BCUT2D eigenvalue weighted by atomic mass is 10.1. The van der Waals surface area contributed by atoms with Crippen molar-refractivity contribution in [3.8, 4) is 5.75 Å². The van der Waals surface area contributed by atoms with Crippen molar-refractivity contribution in [2.75, 3.05) is 26.2 Å². The summed E-state index contributed by atoms with van der Waals surface area (Å²) >= 11 is 0. The Morgan fingerprint density at radius 1 is 1.27 bits per heavy atom. The molecule has 0 saturated carbocycles. The number of piperidine rings is 1. The van der Waals surface area contributed by atoms with Crippen molar-refractivity contribution >= 4 is 5.91 Å². The number of fused-ring (bicyclic) bond motifs is 1. The lowest BCUT2D eigenvalue weighted by Crippen LogP contribution is -3.13. The number of ether oxygens (including phenoxy) is 1. The van der Waals surface area contributed by atoms with E-state index in [1.807, 2.05) is 6.07 Å². The molecule has 1 heterocycles. The molecule has 1 saturated heterocycles. The van der Waals surface area contributed by atoms with Crippen LogP contribution in [-0.4, -0.2) is 38.2 Å². The maximum Gasteiger partial charge on any atom is 0.258 e. The number of likely N-dealkylation sites (tertiary alicyclic amines) is 1. The Morgan fingerprint density at radius 2 is 2.05 bits per heavy atom. The van der Waals surface area contributed by atoms with Crippen LogP contribution in [0.3, 0.4) is 0 Å². The van der Waals surface area contributed by atoms with Crippen LogP contribution in [0.25, 0.3) is 0 Å². The highest BCUT2D eigenvalue weighted by molar-refractivity contribution is 5.77. The van der Waals surface area contributed by atoms with Gasteiger partial charge in [0.2, 0.25) is 0 Å². The van der Waals surface area contributed by atoms with Crippen molar-refractivity contribution in [3.05, 3.63) is 29.3 Å². The molecule has 4 heteroatoms. The third-order valence-electron chi connectivity index (χ3n) is 5.00. The Morgan fingerprint density at radius 3 is 2.82 bits per heavy atom. The van der Waals surface area contributed by atoms with Gasteiger partial charge in [-0.1, -0.05) is 6.07 Å². The number of hydrogen-bond donors (Lipinski definition) is 2. The first-order valence-corrected chi connectivity index (χ1v) is 8.62. The summed E-state index contributed by atoms with van der Waals surface area (Å²) in [6, 6.07) is 6.55. The number of amides is 1. The second kappa shape index (κ2) is 7.14. The van der Waals surface area contributed by atoms with Crippen molar-refractivity contribution < 1.29 is 14.4 Å². The Hall–Kier alpha value is -1.55. The minimum atomic E-state index is 0.00504. The summed E-state index contributed by atoms with van der Waals surface area (Å²) in [5, 5.41) is 3.11. The van der Waals surface area contributed by atoms with Gasteiger partial charge in [0.15, 0.2) is 6.61 Å². The van der Waals surface area contributed by atoms with E-state index in [2.05, 4.69) is 24.4 Å². The van der Waals surface area contributed by atoms with Gasteiger partial charge in [-0.25, -0.2) is 0 Å². The molecule has 0 radical (unpaired) electrons. The summed E-state index contributed by atoms with van der Waals surface area (Å²) in [6.45, 7) is 5.85. The predicted molar refractivity (Wildman–Crippen MR) is 86.4 cm³/mol. The standard InChI is InChI=1S/C18H26N2O2/c1-2-20-10-8-16(9-11-20)19-18(21)13-22-17-7-6-14-4-3-5-15(14)12-17/h6-7,12,16H,2-5,8-11,13H2,1H3,(H,19,21)/p+1. The van der Waals surface area contributed by atoms with E-state index in [9.17, 15) is 4.79 Å². The Balaban J connectivity index is 1.43. The summed E-state index contributed by atoms with van der Waals surface area (Å²) in [5.41, 5.74) is 2.81. The number of hydrogen-bond acceptors (Lipinski definition) is 2. The molecule has 1 amide bonds. The summed E-state index contributed by atoms with van der Waals surface area (Å²) < 4.78 is 5.66. The fourth-order valence-corrected chi connectivity index (χ4v) is 3.58. The third-order valence-corrected chi connectivity index (χ3v) is 5.00. The molecule has 0 bridgehead atoms. The van der Waals surface area contributed by atoms with Crippen LogP contribution in [0.1, 0.15) is 37.3 Å². The molecular weight excluding hydrogens is 276 g/mol. The molecule has 0 unspecified atom stereocenters. The van der Waals surface area contributed by atoms with Crippen LogP contribution < -0.4 is 15.0 Å². The number of carbonyl (C=O) groups excluding carboxylic acids is 1. The van der Waals surface area contributed by atoms with Crippen molar-refractivity contribution in [1.29, 1.82) is 0 Å². The SMILES string of the molecule is CC[NH+]1CCC(NC(=O)COc2ccc3c(c2)CCC3)CC1. The lowest BCUT2D eigenvalue weighted by Gasteiger charge is -2.28. The topological polar surface area (TPSA) is 42.8 Å². The first-order chi connectivity index (χ1) is 10.7. The van der Waals surface area contributed by atoms with Gasteiger partial charge in [-0.15, -0.1) is 0 Å². The summed E-state index contributed by atoms with van der Waals surface area (Å²) in [7, 11) is 0. The molecule has 0 atom stereocenters. The average Bonchev–Trinajstić information content (AvgIpc) is 3.01. The van der Waals surface area contributed by atoms with Gasteiger partial charge in [-0.3, -0.25) is 4.79 Å². The molecule has 1 aromatic rings. The van der Waals surface area contributed by atoms with E-state index >= 15 is 0 Å². The molecule has 1 aromatic carbocycles. The average molecular weight is 303 g/mol. The first kappa shape index (κ1) is 15.3. The largest absolute Gasteiger partial charge is 0.484 e. The van der Waals surface area contributed by atoms with E-state index in [4.69, 9.17) is 4.74 Å². The van der Waals surface area contributed by atoms with Gasteiger partial charge in [-0.2, -0.15) is 0 Å². The molecule has 120 valence electrons. The molecular formula is C18H27N2O2+. The molecule has 2 aliphatic rings. The minimum Gasteiger partial charge on any atom is -0.484 e. The molecule has 1 fully saturated rings. The Kier molecular flexibility index (Phi) is 4.98. The molecule has 0 aromatic heterocycles. The normalized spacial score (nSPS) is 23.9. The van der Waals surface area contributed by atoms with Crippen LogP contribution in [0.4, 0.5) is 0 Å². The molecule has 3 rings (SSSR count). The third kappa shape index (κ3) is 3.80. The monoisotopic (exact) mass is 303 g/mol. The maximum absolute atomic E-state index is 12.0. The minimum absolute atomic E-state index is 0.00504. The van der Waals surface area contributed by atoms with E-state index in [0.29, 0.717) is 6.04 Å². The van der Waals surface area contributed by atoms with Crippen LogP contribution in [0.2, 0.25) is 0 Å². The van der Waals surface area contributed by atoms with Crippen LogP contribution in [0.5, 0.6) is 5.75 Å². The molecule has 2 N–H and O–H groups in total. The van der Waals surface area contributed by atoms with Crippen LogP contribution in [0, 0.1) is 0 Å². The fraction of sp³-hybridized carbons (Fsp3) is 0.611. The summed E-state index contributed by atoms with van der Waals surface area (Å²) in [4.78, 5) is 13.7. The number of aryl methyl sites for hydroxylation is 2. The maximum atomic E-state index is 12.0. The lowest BCUT2D eigenvalue weighted by molar-refractivity contribution is -0.903. The zero-order valence-electron chi connectivity index (χ0n) is 13.5. The number of nitrogens with one attached hydrogen (secondary N) is 2. The number of quaternary nitrogens is 1. The molecule has 4 nitrogen and oxygen atoms in total. The van der Waals surface area contributed by atoms with Gasteiger partial charge < -0.3 is 15.0 Å². The molecule has 1 aliphatic heterocycles. The highest BCUT2D eigenvalue weighted by Crippen LogP contribution is 2.25. The number of benzene rings is 1. The smallest absolute Gasteiger partial charge is 0.258 e. The second-order valence-corrected chi connectivity index (χ2v) is 6.52. The molecule has 1 aliphatic carbocycles. The zero-order chi connectivity index (χ0) is 15.4. The van der Waals surface area contributed by atoms with E-state index < -0.39 is 0 Å². The van der Waals surface area contributed by atoms with Gasteiger partial charge in [0.25, 0.3) is 5.91 Å². The van der Waals surface area contributed by atoms with Gasteiger partial charge in [0.05, 0.1) is 19.6 Å². The summed E-state index contributed by atoms with van der Waals surface area (Å²) in [6.07, 6.45) is 5.70.